The molecule has 0 spiro atoms. The minimum Gasteiger partial charge on any atom is -0.497 e. The molecule has 1 N–H and O–H groups in total. The summed E-state index contributed by atoms with van der Waals surface area (Å²) in [7, 11) is 1.65. The third kappa shape index (κ3) is 3.70. The number of ether oxygens (including phenoxy) is 1. The van der Waals surface area contributed by atoms with Gasteiger partial charge in [0, 0.05) is 31.1 Å². The summed E-state index contributed by atoms with van der Waals surface area (Å²) in [5.74, 6) is 1.63. The predicted octanol–water partition coefficient (Wildman–Crippen LogP) is 3.12. The molecular weight excluding hydrogens is 314 g/mol. The summed E-state index contributed by atoms with van der Waals surface area (Å²) in [5.41, 5.74) is 0.739. The van der Waals surface area contributed by atoms with Crippen LogP contribution < -0.4 is 4.74 Å². The Morgan fingerprint density at radius 1 is 1.16 bits per heavy atom. The molecule has 1 aliphatic carbocycles. The van der Waals surface area contributed by atoms with E-state index in [-0.39, 0.29) is 11.7 Å². The lowest BCUT2D eigenvalue weighted by Crippen LogP contribution is -2.46. The van der Waals surface area contributed by atoms with Crippen molar-refractivity contribution in [2.24, 2.45) is 11.8 Å². The molecule has 4 rings (SSSR count). The molecule has 0 bridgehead atoms. The molecule has 1 heterocycles. The summed E-state index contributed by atoms with van der Waals surface area (Å²) < 4.78 is 5.26. The van der Waals surface area contributed by atoms with Crippen LogP contribution in [-0.4, -0.2) is 48.6 Å². The number of hydrogen-bond acceptors (Lipinski definition) is 4. The van der Waals surface area contributed by atoms with Gasteiger partial charge < -0.3 is 9.84 Å². The number of rotatable bonds is 5. The number of nitrogens with zero attached hydrogens (tertiary/aromatic N) is 1. The van der Waals surface area contributed by atoms with E-state index in [1.54, 1.807) is 7.11 Å². The Kier molecular flexibility index (Phi) is 4.48. The number of β-amino-alcohol motifs (C(OH)–C–C–N with tert-alkyl or cyclic N) is 1. The fraction of sp³-hybridized carbons (Fsp3) is 0.476. The average Bonchev–Trinajstić information content (AvgIpc) is 3.43. The second-order valence-electron chi connectivity index (χ2n) is 7.54. The molecule has 132 valence electrons. The number of benzene rings is 2. The van der Waals surface area contributed by atoms with Crippen molar-refractivity contribution in [3.63, 3.8) is 0 Å². The van der Waals surface area contributed by atoms with Crippen LogP contribution in [0, 0.1) is 11.8 Å². The van der Waals surface area contributed by atoms with Crippen LogP contribution in [0.5, 0.6) is 5.75 Å². The van der Waals surface area contributed by atoms with Gasteiger partial charge in [-0.2, -0.15) is 0 Å². The zero-order valence-corrected chi connectivity index (χ0v) is 14.6. The highest BCUT2D eigenvalue weighted by Gasteiger charge is 2.34. The molecule has 2 aliphatic rings. The van der Waals surface area contributed by atoms with E-state index in [1.165, 1.54) is 12.8 Å². The Labute approximate surface area is 148 Å². The van der Waals surface area contributed by atoms with Gasteiger partial charge in [0.25, 0.3) is 0 Å². The van der Waals surface area contributed by atoms with Gasteiger partial charge in [-0.05, 0) is 54.2 Å². The lowest BCUT2D eigenvalue weighted by atomic mass is 9.88. The summed E-state index contributed by atoms with van der Waals surface area (Å²) in [6.07, 6.45) is 2.76. The normalized spacial score (nSPS) is 24.4. The van der Waals surface area contributed by atoms with E-state index in [1.807, 2.05) is 36.4 Å². The molecule has 1 saturated carbocycles. The number of piperidine rings is 1. The maximum absolute atomic E-state index is 13.0. The fourth-order valence-electron chi connectivity index (χ4n) is 3.91. The van der Waals surface area contributed by atoms with Crippen molar-refractivity contribution >= 4 is 16.6 Å². The Morgan fingerprint density at radius 3 is 2.68 bits per heavy atom. The largest absolute Gasteiger partial charge is 0.497 e. The number of carbonyl (C=O) groups excluding carboxylic acids is 1. The van der Waals surface area contributed by atoms with Crippen LogP contribution in [0.4, 0.5) is 0 Å². The van der Waals surface area contributed by atoms with Gasteiger partial charge in [-0.3, -0.25) is 9.69 Å². The summed E-state index contributed by atoms with van der Waals surface area (Å²) >= 11 is 0. The molecule has 0 aromatic heterocycles. The number of hydrogen-bond donors (Lipinski definition) is 1. The van der Waals surface area contributed by atoms with E-state index >= 15 is 0 Å². The van der Waals surface area contributed by atoms with Gasteiger partial charge in [0.2, 0.25) is 0 Å². The standard InChI is InChI=1S/C21H25NO3/c1-25-20-7-6-15-8-17(5-4-16(15)10-20)21(24)18-9-19(23)13-22(12-18)11-14-2-3-14/h4-8,10,14,18-19,23H,2-3,9,11-13H2,1H3/t18-,19+/m1/s1. The van der Waals surface area contributed by atoms with Crippen LogP contribution in [0.3, 0.4) is 0 Å². The monoisotopic (exact) mass is 339 g/mol. The second-order valence-corrected chi connectivity index (χ2v) is 7.54. The van der Waals surface area contributed by atoms with Gasteiger partial charge in [0.15, 0.2) is 5.78 Å². The molecular formula is C21H25NO3. The number of Topliss-reactive ketones (excluding diaryl/α,β-unsaturated/α-hetero) is 1. The van der Waals surface area contributed by atoms with Crippen molar-refractivity contribution in [1.29, 1.82) is 0 Å². The van der Waals surface area contributed by atoms with Gasteiger partial charge in [0.1, 0.15) is 5.75 Å². The van der Waals surface area contributed by atoms with Crippen molar-refractivity contribution in [3.05, 3.63) is 42.0 Å². The fourth-order valence-corrected chi connectivity index (χ4v) is 3.91. The minimum absolute atomic E-state index is 0.113. The van der Waals surface area contributed by atoms with Crippen LogP contribution in [-0.2, 0) is 0 Å². The van der Waals surface area contributed by atoms with Gasteiger partial charge >= 0.3 is 0 Å². The first-order chi connectivity index (χ1) is 12.1. The number of carbonyl (C=O) groups is 1. The third-order valence-electron chi connectivity index (χ3n) is 5.42. The zero-order valence-electron chi connectivity index (χ0n) is 14.6. The predicted molar refractivity (Wildman–Crippen MR) is 98.1 cm³/mol. The lowest BCUT2D eigenvalue weighted by Gasteiger charge is -2.35. The van der Waals surface area contributed by atoms with Crippen LogP contribution in [0.15, 0.2) is 36.4 Å². The maximum Gasteiger partial charge on any atom is 0.167 e. The highest BCUT2D eigenvalue weighted by Crippen LogP contribution is 2.32. The molecule has 25 heavy (non-hydrogen) atoms. The molecule has 2 fully saturated rings. The van der Waals surface area contributed by atoms with Crippen molar-refractivity contribution in [2.75, 3.05) is 26.7 Å². The Bertz CT molecular complexity index is 782. The zero-order chi connectivity index (χ0) is 17.4. The summed E-state index contributed by atoms with van der Waals surface area (Å²) in [6.45, 7) is 2.50. The first kappa shape index (κ1) is 16.6. The Hall–Kier alpha value is -1.91. The molecule has 2 aromatic carbocycles. The van der Waals surface area contributed by atoms with Crippen molar-refractivity contribution in [3.8, 4) is 5.75 Å². The molecule has 4 heteroatoms. The highest BCUT2D eigenvalue weighted by atomic mass is 16.5. The van der Waals surface area contributed by atoms with Gasteiger partial charge in [0.05, 0.1) is 13.2 Å². The second kappa shape index (κ2) is 6.77. The molecule has 2 atom stereocenters. The topological polar surface area (TPSA) is 49.8 Å². The van der Waals surface area contributed by atoms with Crippen LogP contribution in [0.1, 0.15) is 29.6 Å². The molecule has 0 radical (unpaired) electrons. The van der Waals surface area contributed by atoms with Gasteiger partial charge in [-0.1, -0.05) is 18.2 Å². The van der Waals surface area contributed by atoms with Crippen molar-refractivity contribution in [2.45, 2.75) is 25.4 Å². The molecule has 0 amide bonds. The maximum atomic E-state index is 13.0. The van der Waals surface area contributed by atoms with E-state index < -0.39 is 6.10 Å². The summed E-state index contributed by atoms with van der Waals surface area (Å²) in [6, 6.07) is 11.7. The number of likely N-dealkylation sites (tertiary alicyclic amines) is 1. The Balaban J connectivity index is 1.53. The molecule has 0 unspecified atom stereocenters. The number of fused-ring (bicyclic) bond motifs is 1. The highest BCUT2D eigenvalue weighted by molar-refractivity contribution is 6.01. The van der Waals surface area contributed by atoms with Gasteiger partial charge in [-0.15, -0.1) is 0 Å². The van der Waals surface area contributed by atoms with Crippen LogP contribution in [0.25, 0.3) is 10.8 Å². The SMILES string of the molecule is COc1ccc2cc(C(=O)[C@@H]3C[C@H](O)CN(CC4CC4)C3)ccc2c1. The first-order valence-corrected chi connectivity index (χ1v) is 9.15. The van der Waals surface area contributed by atoms with E-state index in [0.29, 0.717) is 13.0 Å². The first-order valence-electron chi connectivity index (χ1n) is 9.15. The summed E-state index contributed by atoms with van der Waals surface area (Å²) in [5, 5.41) is 12.3. The number of aliphatic hydroxyl groups excluding tert-OH is 1. The lowest BCUT2D eigenvalue weighted by molar-refractivity contribution is 0.0344. The molecule has 1 saturated heterocycles. The number of methoxy groups -OCH3 is 1. The van der Waals surface area contributed by atoms with Crippen molar-refractivity contribution in [1.82, 2.24) is 4.90 Å². The minimum atomic E-state index is -0.397. The van der Waals surface area contributed by atoms with Crippen molar-refractivity contribution < 1.29 is 14.6 Å². The quantitative estimate of drug-likeness (QED) is 0.851. The van der Waals surface area contributed by atoms with E-state index in [9.17, 15) is 9.90 Å². The molecule has 1 aliphatic heterocycles. The smallest absolute Gasteiger partial charge is 0.167 e. The van der Waals surface area contributed by atoms with E-state index in [2.05, 4.69) is 4.90 Å². The Morgan fingerprint density at radius 2 is 1.92 bits per heavy atom. The summed E-state index contributed by atoms with van der Waals surface area (Å²) in [4.78, 5) is 15.3. The van der Waals surface area contributed by atoms with Gasteiger partial charge in [-0.25, -0.2) is 0 Å². The third-order valence-corrected chi connectivity index (χ3v) is 5.42. The number of aliphatic hydroxyl groups is 1. The van der Waals surface area contributed by atoms with Crippen LogP contribution >= 0.6 is 0 Å². The van der Waals surface area contributed by atoms with E-state index in [4.69, 9.17) is 4.74 Å². The average molecular weight is 339 g/mol. The number of ketones is 1. The molecule has 4 nitrogen and oxygen atoms in total. The molecule has 2 aromatic rings. The van der Waals surface area contributed by atoms with E-state index in [0.717, 1.165) is 41.1 Å². The van der Waals surface area contributed by atoms with Crippen LogP contribution in [0.2, 0.25) is 0 Å².